The lowest BCUT2D eigenvalue weighted by atomic mass is 10.0. The molecule has 0 saturated heterocycles. The Morgan fingerprint density at radius 3 is 2.02 bits per heavy atom. The molecule has 0 bridgehead atoms. The van der Waals surface area contributed by atoms with Crippen molar-refractivity contribution in [3.63, 3.8) is 0 Å². The summed E-state index contributed by atoms with van der Waals surface area (Å²) in [4.78, 5) is 29.9. The molecule has 11 heteroatoms. The highest BCUT2D eigenvalue weighted by Gasteiger charge is 2.36. The molecule has 0 aliphatic rings. The Hall–Kier alpha value is -3.56. The van der Waals surface area contributed by atoms with E-state index < -0.39 is 40.0 Å². The summed E-state index contributed by atoms with van der Waals surface area (Å²) in [5, 5.41) is 4.10. The molecule has 0 fully saturated rings. The van der Waals surface area contributed by atoms with Gasteiger partial charge in [-0.15, -0.1) is 0 Å². The van der Waals surface area contributed by atoms with Crippen LogP contribution in [-0.4, -0.2) is 43.3 Å². The quantitative estimate of drug-likeness (QED) is 0.174. The summed E-state index contributed by atoms with van der Waals surface area (Å²) < 4.78 is 29.3. The van der Waals surface area contributed by atoms with Crippen LogP contribution >= 0.6 is 34.8 Å². The molecule has 242 valence electrons. The second-order valence-corrected chi connectivity index (χ2v) is 15.1. The summed E-state index contributed by atoms with van der Waals surface area (Å²) in [6.07, 6.45) is 0.175. The number of sulfonamides is 1. The summed E-state index contributed by atoms with van der Waals surface area (Å²) in [6, 6.07) is 25.8. The summed E-state index contributed by atoms with van der Waals surface area (Å²) in [5.74, 6) is -0.994. The van der Waals surface area contributed by atoms with Crippen LogP contribution in [0.25, 0.3) is 0 Å². The predicted octanol–water partition coefficient (Wildman–Crippen LogP) is 7.71. The van der Waals surface area contributed by atoms with Crippen molar-refractivity contribution in [3.05, 3.63) is 129 Å². The lowest BCUT2D eigenvalue weighted by molar-refractivity contribution is -0.140. The van der Waals surface area contributed by atoms with Gasteiger partial charge >= 0.3 is 0 Å². The third kappa shape index (κ3) is 9.26. The normalized spacial score (nSPS) is 12.3. The molecule has 0 saturated carbocycles. The van der Waals surface area contributed by atoms with Gasteiger partial charge < -0.3 is 10.2 Å². The number of benzene rings is 4. The van der Waals surface area contributed by atoms with E-state index in [1.54, 1.807) is 42.5 Å². The van der Waals surface area contributed by atoms with E-state index in [0.717, 1.165) is 15.4 Å². The van der Waals surface area contributed by atoms with Gasteiger partial charge in [-0.3, -0.25) is 13.9 Å². The van der Waals surface area contributed by atoms with Gasteiger partial charge in [0.25, 0.3) is 10.0 Å². The van der Waals surface area contributed by atoms with Gasteiger partial charge in [-0.05, 0) is 87.4 Å². The molecule has 4 rings (SSSR count). The van der Waals surface area contributed by atoms with Gasteiger partial charge in [0, 0.05) is 33.6 Å². The molecule has 0 aliphatic heterocycles. The van der Waals surface area contributed by atoms with Gasteiger partial charge in [0.15, 0.2) is 0 Å². The zero-order valence-corrected chi connectivity index (χ0v) is 29.1. The highest BCUT2D eigenvalue weighted by Crippen LogP contribution is 2.28. The van der Waals surface area contributed by atoms with Crippen molar-refractivity contribution in [1.29, 1.82) is 0 Å². The van der Waals surface area contributed by atoms with E-state index in [-0.39, 0.29) is 23.5 Å². The fraction of sp³-hybridized carbons (Fsp3) is 0.257. The topological polar surface area (TPSA) is 86.8 Å². The lowest BCUT2D eigenvalue weighted by Crippen LogP contribution is -2.56. The zero-order valence-electron chi connectivity index (χ0n) is 26.0. The molecular weight excluding hydrogens is 665 g/mol. The molecule has 0 spiro atoms. The maximum atomic E-state index is 14.6. The molecule has 0 radical (unpaired) electrons. The number of aryl methyl sites for hydroxylation is 1. The molecule has 4 aromatic carbocycles. The molecular formula is C35H36Cl3N3O4S. The zero-order chi connectivity index (χ0) is 33.6. The summed E-state index contributed by atoms with van der Waals surface area (Å²) in [6.45, 7) is 6.77. The number of nitrogens with zero attached hydrogens (tertiary/aromatic N) is 2. The van der Waals surface area contributed by atoms with Crippen LogP contribution in [0, 0.1) is 6.92 Å². The summed E-state index contributed by atoms with van der Waals surface area (Å²) in [5.41, 5.74) is 1.96. The largest absolute Gasteiger partial charge is 0.350 e. The number of rotatable bonds is 11. The molecule has 1 atom stereocenters. The first-order valence-corrected chi connectivity index (χ1v) is 17.2. The molecule has 7 nitrogen and oxygen atoms in total. The highest BCUT2D eigenvalue weighted by atomic mass is 35.5. The van der Waals surface area contributed by atoms with Crippen molar-refractivity contribution in [1.82, 2.24) is 10.2 Å². The SMILES string of the molecule is Cc1ccc(N(CC(=O)N(Cc2ccc(Cl)cc2Cl)[C@H](Cc2ccccc2)C(=O)NC(C)(C)C)S(=O)(=O)c2ccc(Cl)cc2)cc1. The average Bonchev–Trinajstić information content (AvgIpc) is 2.99. The minimum absolute atomic E-state index is 0.0381. The molecule has 0 heterocycles. The van der Waals surface area contributed by atoms with Crippen LogP contribution < -0.4 is 9.62 Å². The van der Waals surface area contributed by atoms with E-state index in [0.29, 0.717) is 20.6 Å². The van der Waals surface area contributed by atoms with E-state index in [2.05, 4.69) is 5.32 Å². The van der Waals surface area contributed by atoms with Crippen molar-refractivity contribution in [3.8, 4) is 0 Å². The second-order valence-electron chi connectivity index (χ2n) is 12.0. The van der Waals surface area contributed by atoms with Crippen LogP contribution in [0.2, 0.25) is 15.1 Å². The lowest BCUT2D eigenvalue weighted by Gasteiger charge is -2.35. The van der Waals surface area contributed by atoms with Crippen molar-refractivity contribution < 1.29 is 18.0 Å². The van der Waals surface area contributed by atoms with Gasteiger partial charge in [0.2, 0.25) is 11.8 Å². The maximum Gasteiger partial charge on any atom is 0.264 e. The number of nitrogens with one attached hydrogen (secondary N) is 1. The van der Waals surface area contributed by atoms with Crippen molar-refractivity contribution in [2.45, 2.75) is 57.1 Å². The Bertz CT molecular complexity index is 1780. The van der Waals surface area contributed by atoms with E-state index >= 15 is 0 Å². The van der Waals surface area contributed by atoms with Crippen molar-refractivity contribution >= 4 is 62.3 Å². The Balaban J connectivity index is 1.83. The van der Waals surface area contributed by atoms with Gasteiger partial charge in [0.1, 0.15) is 12.6 Å². The molecule has 46 heavy (non-hydrogen) atoms. The Morgan fingerprint density at radius 1 is 0.826 bits per heavy atom. The van der Waals surface area contributed by atoms with Crippen LogP contribution in [0.1, 0.15) is 37.5 Å². The first-order chi connectivity index (χ1) is 21.6. The van der Waals surface area contributed by atoms with Crippen LogP contribution in [0.5, 0.6) is 0 Å². The number of carbonyl (C=O) groups is 2. The minimum atomic E-state index is -4.25. The third-order valence-corrected chi connectivity index (χ3v) is 9.75. The highest BCUT2D eigenvalue weighted by molar-refractivity contribution is 7.92. The van der Waals surface area contributed by atoms with Gasteiger partial charge in [0.05, 0.1) is 10.6 Å². The summed E-state index contributed by atoms with van der Waals surface area (Å²) >= 11 is 18.8. The van der Waals surface area contributed by atoms with E-state index in [4.69, 9.17) is 34.8 Å². The monoisotopic (exact) mass is 699 g/mol. The van der Waals surface area contributed by atoms with Crippen LogP contribution in [-0.2, 0) is 32.6 Å². The molecule has 2 amide bonds. The van der Waals surface area contributed by atoms with E-state index in [1.165, 1.54) is 29.2 Å². The van der Waals surface area contributed by atoms with E-state index in [9.17, 15) is 18.0 Å². The predicted molar refractivity (Wildman–Crippen MR) is 186 cm³/mol. The fourth-order valence-electron chi connectivity index (χ4n) is 4.81. The molecule has 1 N–H and O–H groups in total. The Morgan fingerprint density at radius 2 is 1.43 bits per heavy atom. The van der Waals surface area contributed by atoms with Crippen LogP contribution in [0.4, 0.5) is 5.69 Å². The number of anilines is 1. The molecule has 4 aromatic rings. The fourth-order valence-corrected chi connectivity index (χ4v) is 6.82. The number of carbonyl (C=O) groups excluding carboxylic acids is 2. The number of amides is 2. The average molecular weight is 701 g/mol. The third-order valence-electron chi connectivity index (χ3n) is 7.13. The molecule has 0 unspecified atom stereocenters. The second kappa shape index (κ2) is 14.9. The van der Waals surface area contributed by atoms with Gasteiger partial charge in [-0.2, -0.15) is 0 Å². The smallest absolute Gasteiger partial charge is 0.264 e. The number of halogens is 3. The van der Waals surface area contributed by atoms with Gasteiger partial charge in [-0.1, -0.05) is 88.9 Å². The Labute approximate surface area is 286 Å². The maximum absolute atomic E-state index is 14.6. The van der Waals surface area contributed by atoms with Gasteiger partial charge in [-0.25, -0.2) is 8.42 Å². The molecule has 0 aromatic heterocycles. The number of hydrogen-bond acceptors (Lipinski definition) is 4. The first kappa shape index (κ1) is 35.3. The first-order valence-electron chi connectivity index (χ1n) is 14.6. The van der Waals surface area contributed by atoms with Crippen LogP contribution in [0.15, 0.2) is 102 Å². The number of hydrogen-bond donors (Lipinski definition) is 1. The minimum Gasteiger partial charge on any atom is -0.350 e. The van der Waals surface area contributed by atoms with Crippen molar-refractivity contribution in [2.24, 2.45) is 0 Å². The van der Waals surface area contributed by atoms with E-state index in [1.807, 2.05) is 58.0 Å². The standard InChI is InChI=1S/C35H36Cl3N3O4S/c1-24-10-16-29(17-11-24)41(46(44,45)30-18-14-27(36)15-19-30)23-33(42)40(22-26-12-13-28(37)21-31(26)38)32(34(43)39-35(2,3)4)20-25-8-6-5-7-9-25/h5-19,21,32H,20,22-23H2,1-4H3,(H,39,43)/t32-/m1/s1. The molecule has 0 aliphatic carbocycles. The Kier molecular flexibility index (Phi) is 11.4. The van der Waals surface area contributed by atoms with Crippen LogP contribution in [0.3, 0.4) is 0 Å². The summed E-state index contributed by atoms with van der Waals surface area (Å²) in [7, 11) is -4.25. The van der Waals surface area contributed by atoms with Crippen molar-refractivity contribution in [2.75, 3.05) is 10.8 Å².